The summed E-state index contributed by atoms with van der Waals surface area (Å²) in [7, 11) is 0. The molecule has 148 valence electrons. The molecule has 4 heterocycles. The van der Waals surface area contributed by atoms with E-state index < -0.39 is 0 Å². The van der Waals surface area contributed by atoms with Crippen molar-refractivity contribution in [3.05, 3.63) is 40.8 Å². The SMILES string of the molecule is Cc1cc(NC(=O)CN2CCN(Cc3nc(-c4cccs4)oc3C)CC2)no1. The smallest absolute Gasteiger partial charge is 0.239 e. The highest BCUT2D eigenvalue weighted by molar-refractivity contribution is 7.13. The van der Waals surface area contributed by atoms with Gasteiger partial charge in [0, 0.05) is 38.8 Å². The molecule has 9 heteroatoms. The Kier molecular flexibility index (Phi) is 5.56. The first kappa shape index (κ1) is 18.9. The Morgan fingerprint density at radius 3 is 2.71 bits per heavy atom. The first-order valence-corrected chi connectivity index (χ1v) is 10.1. The summed E-state index contributed by atoms with van der Waals surface area (Å²) in [5, 5.41) is 8.57. The molecule has 0 bridgehead atoms. The summed E-state index contributed by atoms with van der Waals surface area (Å²) in [5.41, 5.74) is 0.982. The zero-order valence-electron chi connectivity index (χ0n) is 16.0. The second-order valence-corrected chi connectivity index (χ2v) is 7.87. The van der Waals surface area contributed by atoms with Crippen molar-refractivity contribution in [2.45, 2.75) is 20.4 Å². The third kappa shape index (κ3) is 4.49. The maximum atomic E-state index is 12.2. The highest BCUT2D eigenvalue weighted by Gasteiger charge is 2.22. The quantitative estimate of drug-likeness (QED) is 0.679. The fourth-order valence-electron chi connectivity index (χ4n) is 3.21. The van der Waals surface area contributed by atoms with Crippen molar-refractivity contribution < 1.29 is 13.7 Å². The number of hydrogen-bond donors (Lipinski definition) is 1. The van der Waals surface area contributed by atoms with Gasteiger partial charge in [0.2, 0.25) is 11.8 Å². The van der Waals surface area contributed by atoms with E-state index in [1.807, 2.05) is 24.4 Å². The molecule has 8 nitrogen and oxygen atoms in total. The van der Waals surface area contributed by atoms with Gasteiger partial charge in [-0.2, -0.15) is 0 Å². The van der Waals surface area contributed by atoms with Crippen LogP contribution in [0.25, 0.3) is 10.8 Å². The van der Waals surface area contributed by atoms with E-state index in [9.17, 15) is 4.79 Å². The second kappa shape index (κ2) is 8.26. The Balaban J connectivity index is 1.26. The van der Waals surface area contributed by atoms with E-state index >= 15 is 0 Å². The van der Waals surface area contributed by atoms with Gasteiger partial charge in [-0.25, -0.2) is 4.98 Å². The van der Waals surface area contributed by atoms with Crippen molar-refractivity contribution in [2.24, 2.45) is 0 Å². The van der Waals surface area contributed by atoms with Crippen LogP contribution in [0.1, 0.15) is 17.2 Å². The molecule has 4 rings (SSSR count). The second-order valence-electron chi connectivity index (χ2n) is 6.92. The number of rotatable bonds is 6. The number of anilines is 1. The van der Waals surface area contributed by atoms with Gasteiger partial charge in [-0.15, -0.1) is 11.3 Å². The number of carbonyl (C=O) groups excluding carboxylic acids is 1. The van der Waals surface area contributed by atoms with Crippen LogP contribution in [-0.2, 0) is 11.3 Å². The summed E-state index contributed by atoms with van der Waals surface area (Å²) in [6.45, 7) is 8.31. The van der Waals surface area contributed by atoms with Crippen LogP contribution in [0.5, 0.6) is 0 Å². The van der Waals surface area contributed by atoms with Gasteiger partial charge in [0.15, 0.2) is 5.82 Å². The van der Waals surface area contributed by atoms with E-state index in [1.54, 1.807) is 24.3 Å². The normalized spacial score (nSPS) is 15.8. The largest absolute Gasteiger partial charge is 0.440 e. The minimum absolute atomic E-state index is 0.0744. The van der Waals surface area contributed by atoms with Crippen LogP contribution in [0.15, 0.2) is 32.5 Å². The zero-order chi connectivity index (χ0) is 19.5. The Bertz CT molecular complexity index is 925. The summed E-state index contributed by atoms with van der Waals surface area (Å²) in [6, 6.07) is 5.73. The molecule has 0 spiro atoms. The number of nitrogens with zero attached hydrogens (tertiary/aromatic N) is 4. The Morgan fingerprint density at radius 2 is 2.04 bits per heavy atom. The van der Waals surface area contributed by atoms with Crippen LogP contribution in [0.4, 0.5) is 5.82 Å². The first-order chi connectivity index (χ1) is 13.6. The lowest BCUT2D eigenvalue weighted by Crippen LogP contribution is -2.48. The molecule has 0 unspecified atom stereocenters. The number of aryl methyl sites for hydroxylation is 2. The van der Waals surface area contributed by atoms with Gasteiger partial charge in [-0.1, -0.05) is 11.2 Å². The third-order valence-corrected chi connectivity index (χ3v) is 5.58. The molecule has 1 aliphatic heterocycles. The third-order valence-electron chi connectivity index (χ3n) is 4.73. The van der Waals surface area contributed by atoms with Crippen molar-refractivity contribution in [1.29, 1.82) is 0 Å². The molecular weight excluding hydrogens is 378 g/mol. The Morgan fingerprint density at radius 1 is 1.25 bits per heavy atom. The molecule has 0 aromatic carbocycles. The molecule has 3 aromatic heterocycles. The molecule has 1 N–H and O–H groups in total. The Labute approximate surface area is 167 Å². The summed E-state index contributed by atoms with van der Waals surface area (Å²) >= 11 is 1.63. The number of carbonyl (C=O) groups is 1. The van der Waals surface area contributed by atoms with Crippen molar-refractivity contribution >= 4 is 23.1 Å². The van der Waals surface area contributed by atoms with Gasteiger partial charge in [0.25, 0.3) is 0 Å². The summed E-state index contributed by atoms with van der Waals surface area (Å²) < 4.78 is 10.8. The monoisotopic (exact) mass is 401 g/mol. The van der Waals surface area contributed by atoms with E-state index in [2.05, 4.69) is 25.3 Å². The molecule has 3 aromatic rings. The standard InChI is InChI=1S/C19H23N5O3S/c1-13-10-17(22-27-13)21-18(25)12-24-7-5-23(6-8-24)11-15-14(2)26-19(20-15)16-4-3-9-28-16/h3-4,9-10H,5-8,11-12H2,1-2H3,(H,21,22,25). The van der Waals surface area contributed by atoms with Crippen molar-refractivity contribution in [3.8, 4) is 10.8 Å². The number of piperazine rings is 1. The first-order valence-electron chi connectivity index (χ1n) is 9.25. The maximum absolute atomic E-state index is 12.2. The minimum atomic E-state index is -0.0744. The number of thiophene rings is 1. The highest BCUT2D eigenvalue weighted by atomic mass is 32.1. The predicted molar refractivity (Wildman–Crippen MR) is 106 cm³/mol. The number of amides is 1. The summed E-state index contributed by atoms with van der Waals surface area (Å²) in [6.07, 6.45) is 0. The van der Waals surface area contributed by atoms with Crippen LogP contribution in [0.2, 0.25) is 0 Å². The fraction of sp³-hybridized carbons (Fsp3) is 0.421. The van der Waals surface area contributed by atoms with Crippen molar-refractivity contribution in [2.75, 3.05) is 38.0 Å². The van der Waals surface area contributed by atoms with Crippen LogP contribution < -0.4 is 5.32 Å². The fourth-order valence-corrected chi connectivity index (χ4v) is 3.86. The van der Waals surface area contributed by atoms with E-state index in [1.165, 1.54) is 0 Å². The number of oxazole rings is 1. The Hall–Kier alpha value is -2.49. The molecule has 0 atom stereocenters. The number of nitrogens with one attached hydrogen (secondary N) is 1. The number of hydrogen-bond acceptors (Lipinski definition) is 8. The van der Waals surface area contributed by atoms with Crippen molar-refractivity contribution in [1.82, 2.24) is 19.9 Å². The van der Waals surface area contributed by atoms with Gasteiger partial charge in [0.1, 0.15) is 11.5 Å². The molecule has 1 saturated heterocycles. The van der Waals surface area contributed by atoms with Crippen LogP contribution in [-0.4, -0.2) is 58.6 Å². The average molecular weight is 401 g/mol. The van der Waals surface area contributed by atoms with Crippen molar-refractivity contribution in [3.63, 3.8) is 0 Å². The highest BCUT2D eigenvalue weighted by Crippen LogP contribution is 2.26. The average Bonchev–Trinajstić information content (AvgIpc) is 3.40. The summed E-state index contributed by atoms with van der Waals surface area (Å²) in [5.74, 6) is 2.63. The lowest BCUT2D eigenvalue weighted by Gasteiger charge is -2.33. The predicted octanol–water partition coefficient (Wildman–Crippen LogP) is 2.76. The molecule has 0 aliphatic carbocycles. The molecular formula is C19H23N5O3S. The summed E-state index contributed by atoms with van der Waals surface area (Å²) in [4.78, 5) is 22.4. The van der Waals surface area contributed by atoms with E-state index in [4.69, 9.17) is 8.94 Å². The lowest BCUT2D eigenvalue weighted by atomic mass is 10.2. The number of aromatic nitrogens is 2. The van der Waals surface area contributed by atoms with Gasteiger partial charge < -0.3 is 14.3 Å². The van der Waals surface area contributed by atoms with E-state index in [0.29, 0.717) is 24.0 Å². The zero-order valence-corrected chi connectivity index (χ0v) is 16.8. The van der Waals surface area contributed by atoms with Crippen LogP contribution in [0.3, 0.4) is 0 Å². The minimum Gasteiger partial charge on any atom is -0.440 e. The molecule has 0 saturated carbocycles. The lowest BCUT2D eigenvalue weighted by molar-refractivity contribution is -0.117. The molecule has 28 heavy (non-hydrogen) atoms. The molecule has 1 aliphatic rings. The maximum Gasteiger partial charge on any atom is 0.239 e. The van der Waals surface area contributed by atoms with Gasteiger partial charge >= 0.3 is 0 Å². The van der Waals surface area contributed by atoms with Crippen LogP contribution in [0, 0.1) is 13.8 Å². The van der Waals surface area contributed by atoms with Gasteiger partial charge in [-0.3, -0.25) is 14.6 Å². The van der Waals surface area contributed by atoms with Gasteiger partial charge in [0.05, 0.1) is 17.1 Å². The van der Waals surface area contributed by atoms with Crippen LogP contribution >= 0.6 is 11.3 Å². The molecule has 1 amide bonds. The molecule has 0 radical (unpaired) electrons. The van der Waals surface area contributed by atoms with Gasteiger partial charge in [-0.05, 0) is 25.3 Å². The van der Waals surface area contributed by atoms with E-state index in [-0.39, 0.29) is 5.91 Å². The molecule has 1 fully saturated rings. The topological polar surface area (TPSA) is 87.6 Å². The van der Waals surface area contributed by atoms with E-state index in [0.717, 1.165) is 49.1 Å².